The van der Waals surface area contributed by atoms with E-state index in [1.54, 1.807) is 12.1 Å². The minimum atomic E-state index is -4.48. The van der Waals surface area contributed by atoms with Crippen LogP contribution >= 0.6 is 0 Å². The summed E-state index contributed by atoms with van der Waals surface area (Å²) < 4.78 is 72.3. The fourth-order valence-corrected chi connectivity index (χ4v) is 10.7. The van der Waals surface area contributed by atoms with Crippen molar-refractivity contribution in [2.24, 2.45) is 0 Å². The predicted octanol–water partition coefficient (Wildman–Crippen LogP) is 16.3. The van der Waals surface area contributed by atoms with Crippen LogP contribution in [0.25, 0.3) is 21.5 Å². The summed E-state index contributed by atoms with van der Waals surface area (Å²) in [5.74, 6) is 0. The molecule has 0 unspecified atom stereocenters. The first-order chi connectivity index (χ1) is 30.9. The molecular formula is C56H86BaO6S2. The zero-order chi connectivity index (χ0) is 46.5. The van der Waals surface area contributed by atoms with Crippen LogP contribution in [0, 0.1) is 0 Å². The van der Waals surface area contributed by atoms with E-state index in [4.69, 9.17) is 0 Å². The molecule has 0 bridgehead atoms. The van der Waals surface area contributed by atoms with Crippen LogP contribution in [0.1, 0.15) is 230 Å². The summed E-state index contributed by atoms with van der Waals surface area (Å²) >= 11 is 0. The van der Waals surface area contributed by atoms with E-state index < -0.39 is 20.2 Å². The van der Waals surface area contributed by atoms with Crippen LogP contribution in [0.3, 0.4) is 0 Å². The number of hydrogen-bond donors (Lipinski definition) is 0. The van der Waals surface area contributed by atoms with E-state index in [2.05, 4.69) is 52.0 Å². The van der Waals surface area contributed by atoms with Crippen molar-refractivity contribution >= 4 is 90.7 Å². The fourth-order valence-electron chi connectivity index (χ4n) is 9.22. The molecule has 360 valence electrons. The Kier molecular flexibility index (Phi) is 32.2. The summed E-state index contributed by atoms with van der Waals surface area (Å²) in [5, 5.41) is 3.96. The van der Waals surface area contributed by atoms with E-state index >= 15 is 0 Å². The van der Waals surface area contributed by atoms with Crippen molar-refractivity contribution in [1.82, 2.24) is 0 Å². The van der Waals surface area contributed by atoms with Crippen molar-refractivity contribution in [3.05, 3.63) is 82.9 Å². The van der Waals surface area contributed by atoms with E-state index in [0.29, 0.717) is 24.0 Å². The summed E-state index contributed by atoms with van der Waals surface area (Å²) in [5.41, 5.74) is 3.69. The zero-order valence-electron chi connectivity index (χ0n) is 41.4. The van der Waals surface area contributed by atoms with E-state index in [0.717, 1.165) is 84.0 Å². The SMILES string of the molecule is CCCCCCCCCc1cc2cccc(CCCCCCCCC)c2cc1S(=O)(=O)[O-].CCCCCCCCCc1cc2cccc(CCCCCCCCC)c2cc1S(=O)(=O)[O-].[Ba+2]. The third-order valence-corrected chi connectivity index (χ3v) is 14.9. The molecule has 0 heterocycles. The molecular weight excluding hydrogens is 970 g/mol. The second-order valence-corrected chi connectivity index (χ2v) is 21.3. The summed E-state index contributed by atoms with van der Waals surface area (Å²) in [6.07, 6.45) is 37.1. The Morgan fingerprint density at radius 3 is 0.846 bits per heavy atom. The predicted molar refractivity (Wildman–Crippen MR) is 276 cm³/mol. The van der Waals surface area contributed by atoms with Crippen LogP contribution in [0.2, 0.25) is 0 Å². The van der Waals surface area contributed by atoms with Gasteiger partial charge in [0.2, 0.25) is 0 Å². The van der Waals surface area contributed by atoms with Crippen LogP contribution in [0.15, 0.2) is 70.5 Å². The molecule has 0 saturated carbocycles. The number of fused-ring (bicyclic) bond motifs is 2. The van der Waals surface area contributed by atoms with Gasteiger partial charge in [0, 0.05) is 0 Å². The van der Waals surface area contributed by atoms with Crippen LogP contribution in [0.4, 0.5) is 0 Å². The van der Waals surface area contributed by atoms with Gasteiger partial charge in [-0.1, -0.05) is 218 Å². The number of benzene rings is 4. The Labute approximate surface area is 438 Å². The van der Waals surface area contributed by atoms with Gasteiger partial charge in [-0.2, -0.15) is 0 Å². The second kappa shape index (κ2) is 35.0. The van der Waals surface area contributed by atoms with Gasteiger partial charge in [-0.3, -0.25) is 0 Å². The van der Waals surface area contributed by atoms with Crippen molar-refractivity contribution in [3.8, 4) is 0 Å². The molecule has 9 heteroatoms. The van der Waals surface area contributed by atoms with Gasteiger partial charge in [-0.05, 0) is 119 Å². The molecule has 4 rings (SSSR count). The first-order valence-electron chi connectivity index (χ1n) is 25.9. The third kappa shape index (κ3) is 23.8. The van der Waals surface area contributed by atoms with E-state index in [1.807, 2.05) is 24.3 Å². The molecule has 0 spiro atoms. The molecule has 0 aromatic heterocycles. The summed E-state index contributed by atoms with van der Waals surface area (Å²) in [7, 11) is -8.97. The third-order valence-electron chi connectivity index (χ3n) is 13.0. The maximum atomic E-state index is 12.0. The molecule has 0 fully saturated rings. The molecule has 0 radical (unpaired) electrons. The Bertz CT molecular complexity index is 1960. The molecule has 0 aliphatic rings. The van der Waals surface area contributed by atoms with E-state index in [-0.39, 0.29) is 58.7 Å². The van der Waals surface area contributed by atoms with Gasteiger partial charge < -0.3 is 9.11 Å². The van der Waals surface area contributed by atoms with Gasteiger partial charge in [-0.25, -0.2) is 16.8 Å². The number of hydrogen-bond acceptors (Lipinski definition) is 6. The van der Waals surface area contributed by atoms with Crippen LogP contribution < -0.4 is 0 Å². The van der Waals surface area contributed by atoms with Crippen molar-refractivity contribution in [2.75, 3.05) is 0 Å². The molecule has 0 aliphatic carbocycles. The van der Waals surface area contributed by atoms with Crippen molar-refractivity contribution < 1.29 is 25.9 Å². The summed E-state index contributed by atoms with van der Waals surface area (Å²) in [6, 6.07) is 19.6. The smallest absolute Gasteiger partial charge is 0.744 e. The van der Waals surface area contributed by atoms with Gasteiger partial charge in [0.15, 0.2) is 0 Å². The number of rotatable bonds is 34. The first-order valence-corrected chi connectivity index (χ1v) is 28.8. The minimum Gasteiger partial charge on any atom is -0.744 e. The van der Waals surface area contributed by atoms with Crippen LogP contribution in [-0.4, -0.2) is 74.8 Å². The van der Waals surface area contributed by atoms with Gasteiger partial charge in [-0.15, -0.1) is 0 Å². The molecule has 6 nitrogen and oxygen atoms in total. The number of aryl methyl sites for hydroxylation is 4. The van der Waals surface area contributed by atoms with Crippen molar-refractivity contribution in [3.63, 3.8) is 0 Å². The Hall–Kier alpha value is -1.21. The maximum Gasteiger partial charge on any atom is 2.00 e. The minimum absolute atomic E-state index is 0. The van der Waals surface area contributed by atoms with Gasteiger partial charge in [0.25, 0.3) is 0 Å². The van der Waals surface area contributed by atoms with E-state index in [9.17, 15) is 25.9 Å². The Morgan fingerprint density at radius 1 is 0.338 bits per heavy atom. The largest absolute Gasteiger partial charge is 2.00 e. The van der Waals surface area contributed by atoms with Gasteiger partial charge in [0.05, 0.1) is 9.79 Å². The molecule has 0 atom stereocenters. The molecule has 0 N–H and O–H groups in total. The number of unbranched alkanes of at least 4 members (excludes halogenated alkanes) is 24. The first kappa shape index (κ1) is 59.9. The standard InChI is InChI=1S/2C28H44O3S.Ba/c2*1-3-5-7-9-11-13-15-18-24-20-17-21-25-22-26(19-16-14-12-10-8-6-4-2)28(23-27(24)25)32(29,30)31;/h2*17,20-23H,3-16,18-19H2,1-2H3,(H,29,30,31);/q;;+2/p-2. The average Bonchev–Trinajstić information content (AvgIpc) is 3.27. The monoisotopic (exact) mass is 1060 g/mol. The average molecular weight is 1060 g/mol. The van der Waals surface area contributed by atoms with Gasteiger partial charge in [0.1, 0.15) is 20.2 Å². The Balaban J connectivity index is 0.000000440. The van der Waals surface area contributed by atoms with Crippen LogP contribution in [-0.2, 0) is 45.9 Å². The van der Waals surface area contributed by atoms with Crippen molar-refractivity contribution in [1.29, 1.82) is 0 Å². The quantitative estimate of drug-likeness (QED) is 0.0261. The molecule has 0 amide bonds. The molecule has 4 aromatic carbocycles. The maximum absolute atomic E-state index is 12.0. The molecule has 0 aliphatic heterocycles. The van der Waals surface area contributed by atoms with Crippen molar-refractivity contribution in [2.45, 2.75) is 243 Å². The topological polar surface area (TPSA) is 114 Å². The normalized spacial score (nSPS) is 11.8. The molecule has 0 saturated heterocycles. The van der Waals surface area contributed by atoms with Gasteiger partial charge >= 0.3 is 48.9 Å². The Morgan fingerprint density at radius 2 is 0.585 bits per heavy atom. The summed E-state index contributed by atoms with van der Waals surface area (Å²) in [4.78, 5) is -0.0222. The summed E-state index contributed by atoms with van der Waals surface area (Å²) in [6.45, 7) is 8.89. The fraction of sp³-hybridized carbons (Fsp3) is 0.643. The van der Waals surface area contributed by atoms with E-state index in [1.165, 1.54) is 141 Å². The zero-order valence-corrected chi connectivity index (χ0v) is 47.4. The van der Waals surface area contributed by atoms with Crippen LogP contribution in [0.5, 0.6) is 0 Å². The molecule has 4 aromatic rings. The second-order valence-electron chi connectivity index (χ2n) is 18.6. The molecule has 65 heavy (non-hydrogen) atoms.